The number of thioether (sulfide) groups is 1. The molecule has 0 saturated carbocycles. The molecule has 2 aliphatic rings. The maximum absolute atomic E-state index is 12.8. The second kappa shape index (κ2) is 8.70. The molecule has 1 aromatic heterocycles. The van der Waals surface area contributed by atoms with Crippen molar-refractivity contribution in [2.24, 2.45) is 7.05 Å². The molecule has 0 unspecified atom stereocenters. The van der Waals surface area contributed by atoms with Gasteiger partial charge in [0.15, 0.2) is 5.69 Å². The summed E-state index contributed by atoms with van der Waals surface area (Å²) in [6.07, 6.45) is 6.21. The minimum atomic E-state index is -0.0393. The quantitative estimate of drug-likeness (QED) is 0.745. The van der Waals surface area contributed by atoms with Crippen molar-refractivity contribution in [2.75, 3.05) is 19.6 Å². The highest BCUT2D eigenvalue weighted by atomic mass is 32.2. The van der Waals surface area contributed by atoms with Crippen LogP contribution in [0.2, 0.25) is 0 Å². The molecule has 3 heterocycles. The first-order valence-corrected chi connectivity index (χ1v) is 11.5. The van der Waals surface area contributed by atoms with E-state index in [9.17, 15) is 4.79 Å². The van der Waals surface area contributed by atoms with Gasteiger partial charge in [-0.3, -0.25) is 9.48 Å². The zero-order valence-electron chi connectivity index (χ0n) is 16.9. The molecule has 2 aromatic rings. The second-order valence-electron chi connectivity index (χ2n) is 7.79. The molecule has 5 nitrogen and oxygen atoms in total. The van der Waals surface area contributed by atoms with Crippen molar-refractivity contribution < 1.29 is 4.79 Å². The Bertz CT molecular complexity index is 847. The van der Waals surface area contributed by atoms with E-state index in [1.165, 1.54) is 42.7 Å². The van der Waals surface area contributed by atoms with E-state index < -0.39 is 0 Å². The van der Waals surface area contributed by atoms with Crippen LogP contribution in [0.3, 0.4) is 0 Å². The number of carbonyl (C=O) groups is 1. The maximum atomic E-state index is 12.8. The lowest BCUT2D eigenvalue weighted by Gasteiger charge is -2.35. The molecule has 28 heavy (non-hydrogen) atoms. The van der Waals surface area contributed by atoms with Gasteiger partial charge in [-0.25, -0.2) is 0 Å². The van der Waals surface area contributed by atoms with Crippen molar-refractivity contribution in [1.29, 1.82) is 0 Å². The van der Waals surface area contributed by atoms with Gasteiger partial charge in [0.2, 0.25) is 0 Å². The first-order chi connectivity index (χ1) is 13.7. The molecule has 0 aliphatic carbocycles. The van der Waals surface area contributed by atoms with Crippen molar-refractivity contribution in [3.8, 4) is 11.3 Å². The Kier molecular flexibility index (Phi) is 6.07. The number of aryl methyl sites for hydroxylation is 1. The van der Waals surface area contributed by atoms with Gasteiger partial charge >= 0.3 is 0 Å². The Morgan fingerprint density at radius 1 is 1.32 bits per heavy atom. The average molecular weight is 399 g/mol. The number of piperidine rings is 1. The van der Waals surface area contributed by atoms with Crippen molar-refractivity contribution in [3.63, 3.8) is 0 Å². The fourth-order valence-corrected chi connectivity index (χ4v) is 5.61. The van der Waals surface area contributed by atoms with E-state index >= 15 is 0 Å². The summed E-state index contributed by atoms with van der Waals surface area (Å²) >= 11 is 1.79. The summed E-state index contributed by atoms with van der Waals surface area (Å²) in [5, 5.41) is 7.67. The van der Waals surface area contributed by atoms with Gasteiger partial charge in [0.25, 0.3) is 5.91 Å². The molecule has 4 rings (SSSR count). The smallest absolute Gasteiger partial charge is 0.272 e. The Hall–Kier alpha value is -1.79. The molecule has 0 radical (unpaired) electrons. The number of carbonyl (C=O) groups excluding carboxylic acids is 1. The molecule has 0 spiro atoms. The van der Waals surface area contributed by atoms with E-state index in [-0.39, 0.29) is 5.91 Å². The number of rotatable bonds is 6. The molecule has 1 atom stereocenters. The first-order valence-electron chi connectivity index (χ1n) is 10.5. The Morgan fingerprint density at radius 3 is 3.04 bits per heavy atom. The molecular formula is C22H30N4OS. The van der Waals surface area contributed by atoms with Gasteiger partial charge in [0, 0.05) is 48.0 Å². The summed E-state index contributed by atoms with van der Waals surface area (Å²) in [7, 11) is 1.93. The zero-order valence-corrected chi connectivity index (χ0v) is 17.7. The van der Waals surface area contributed by atoms with E-state index in [1.807, 2.05) is 17.8 Å². The minimum absolute atomic E-state index is 0.0393. The lowest BCUT2D eigenvalue weighted by atomic mass is 10.00. The Balaban J connectivity index is 1.38. The second-order valence-corrected chi connectivity index (χ2v) is 8.80. The highest BCUT2D eigenvalue weighted by molar-refractivity contribution is 7.98. The number of hydrogen-bond acceptors (Lipinski definition) is 4. The maximum Gasteiger partial charge on any atom is 0.272 e. The van der Waals surface area contributed by atoms with E-state index in [0.29, 0.717) is 12.2 Å². The van der Waals surface area contributed by atoms with Crippen molar-refractivity contribution >= 4 is 17.7 Å². The van der Waals surface area contributed by atoms with Gasteiger partial charge in [0.05, 0.1) is 5.69 Å². The highest BCUT2D eigenvalue weighted by Gasteiger charge is 2.27. The number of nitrogens with zero attached hydrogens (tertiary/aromatic N) is 3. The third-order valence-electron chi connectivity index (χ3n) is 6.00. The van der Waals surface area contributed by atoms with Gasteiger partial charge < -0.3 is 10.2 Å². The predicted molar refractivity (Wildman–Crippen MR) is 115 cm³/mol. The molecule has 0 bridgehead atoms. The molecule has 1 fully saturated rings. The third kappa shape index (κ3) is 3.85. The Labute approximate surface area is 171 Å². The number of nitrogens with one attached hydrogen (secondary N) is 1. The molecular weight excluding hydrogens is 368 g/mol. The number of likely N-dealkylation sites (tertiary alicyclic amines) is 1. The SMILES string of the molecule is CC[C@@H]1CCCCN1CCCNC(=O)c1nn(C)c2c1CSc1ccccc1-2. The summed E-state index contributed by atoms with van der Waals surface area (Å²) in [5.74, 6) is 0.761. The molecule has 2 aliphatic heterocycles. The van der Waals surface area contributed by atoms with Crippen LogP contribution in [0.5, 0.6) is 0 Å². The number of fused-ring (bicyclic) bond motifs is 3. The lowest BCUT2D eigenvalue weighted by molar-refractivity contribution is 0.0941. The van der Waals surface area contributed by atoms with Gasteiger partial charge in [-0.2, -0.15) is 5.10 Å². The van der Waals surface area contributed by atoms with Gasteiger partial charge in [-0.15, -0.1) is 11.8 Å². The highest BCUT2D eigenvalue weighted by Crippen LogP contribution is 2.42. The van der Waals surface area contributed by atoms with Crippen LogP contribution >= 0.6 is 11.8 Å². The van der Waals surface area contributed by atoms with Crippen molar-refractivity contribution in [1.82, 2.24) is 20.0 Å². The van der Waals surface area contributed by atoms with Crippen LogP contribution in [0, 0.1) is 0 Å². The van der Waals surface area contributed by atoms with Crippen LogP contribution in [0.1, 0.15) is 55.1 Å². The number of benzene rings is 1. The summed E-state index contributed by atoms with van der Waals surface area (Å²) in [4.78, 5) is 16.7. The first kappa shape index (κ1) is 19.5. The minimum Gasteiger partial charge on any atom is -0.351 e. The van der Waals surface area contributed by atoms with Gasteiger partial charge in [0.1, 0.15) is 0 Å². The van der Waals surface area contributed by atoms with Gasteiger partial charge in [-0.05, 0) is 38.3 Å². The average Bonchev–Trinajstić information content (AvgIpc) is 3.08. The van der Waals surface area contributed by atoms with E-state index in [4.69, 9.17) is 0 Å². The molecule has 1 saturated heterocycles. The number of aromatic nitrogens is 2. The Morgan fingerprint density at radius 2 is 2.18 bits per heavy atom. The third-order valence-corrected chi connectivity index (χ3v) is 7.10. The molecule has 1 N–H and O–H groups in total. The van der Waals surface area contributed by atoms with E-state index in [0.717, 1.165) is 36.0 Å². The predicted octanol–water partition coefficient (Wildman–Crippen LogP) is 4.08. The zero-order chi connectivity index (χ0) is 19.5. The molecule has 1 aromatic carbocycles. The summed E-state index contributed by atoms with van der Waals surface area (Å²) in [6, 6.07) is 9.09. The standard InChI is InChI=1S/C22H30N4OS/c1-3-16-9-6-7-13-26(16)14-8-12-23-22(27)20-18-15-28-19-11-5-4-10-17(19)21(18)25(2)24-20/h4-5,10-11,16H,3,6-9,12-15H2,1-2H3,(H,23,27)/t16-/m1/s1. The van der Waals surface area contributed by atoms with Gasteiger partial charge in [-0.1, -0.05) is 31.5 Å². The number of amides is 1. The van der Waals surface area contributed by atoms with E-state index in [2.05, 4.69) is 40.4 Å². The van der Waals surface area contributed by atoms with Crippen molar-refractivity contribution in [2.45, 2.75) is 55.7 Å². The van der Waals surface area contributed by atoms with Crippen LogP contribution in [-0.4, -0.2) is 46.3 Å². The van der Waals surface area contributed by atoms with Crippen LogP contribution in [-0.2, 0) is 12.8 Å². The summed E-state index contributed by atoms with van der Waals surface area (Å²) in [5.41, 5.74) is 3.91. The normalized spacial score (nSPS) is 19.1. The fraction of sp³-hybridized carbons (Fsp3) is 0.545. The summed E-state index contributed by atoms with van der Waals surface area (Å²) in [6.45, 7) is 5.27. The van der Waals surface area contributed by atoms with Crippen LogP contribution in [0.15, 0.2) is 29.2 Å². The largest absolute Gasteiger partial charge is 0.351 e. The molecule has 1 amide bonds. The van der Waals surface area contributed by atoms with E-state index in [1.54, 1.807) is 11.8 Å². The van der Waals surface area contributed by atoms with Crippen molar-refractivity contribution in [3.05, 3.63) is 35.5 Å². The monoisotopic (exact) mass is 398 g/mol. The fourth-order valence-electron chi connectivity index (χ4n) is 4.55. The van der Waals surface area contributed by atoms with Crippen LogP contribution < -0.4 is 5.32 Å². The lowest BCUT2D eigenvalue weighted by Crippen LogP contribution is -2.40. The topological polar surface area (TPSA) is 50.2 Å². The molecule has 6 heteroatoms. The number of hydrogen-bond donors (Lipinski definition) is 1. The molecule has 150 valence electrons. The summed E-state index contributed by atoms with van der Waals surface area (Å²) < 4.78 is 1.86. The van der Waals surface area contributed by atoms with Crippen LogP contribution in [0.4, 0.5) is 0 Å². The van der Waals surface area contributed by atoms with Crippen LogP contribution in [0.25, 0.3) is 11.3 Å².